The van der Waals surface area contributed by atoms with Crippen LogP contribution in [0.2, 0.25) is 0 Å². The Morgan fingerprint density at radius 2 is 0.806 bits per heavy atom. The zero-order valence-corrected chi connectivity index (χ0v) is 34.3. The van der Waals surface area contributed by atoms with Gasteiger partial charge >= 0.3 is 0 Å². The molecule has 0 atom stereocenters. The van der Waals surface area contributed by atoms with Gasteiger partial charge in [-0.15, -0.1) is 11.3 Å². The fourth-order valence-corrected chi connectivity index (χ4v) is 10.1. The number of aromatic nitrogens is 4. The van der Waals surface area contributed by atoms with Crippen molar-refractivity contribution in [1.82, 2.24) is 19.5 Å². The number of rotatable bonds is 7. The van der Waals surface area contributed by atoms with E-state index in [1.165, 1.54) is 47.6 Å². The molecule has 3 heterocycles. The van der Waals surface area contributed by atoms with Gasteiger partial charge in [-0.25, -0.2) is 15.0 Å². The van der Waals surface area contributed by atoms with Crippen molar-refractivity contribution in [2.45, 2.75) is 0 Å². The lowest BCUT2D eigenvalue weighted by Crippen LogP contribution is -2.04. The molecule has 3 aromatic heterocycles. The number of nitrogens with zero attached hydrogens (tertiary/aromatic N) is 4. The third-order valence-corrected chi connectivity index (χ3v) is 13.1. The third-order valence-electron chi connectivity index (χ3n) is 11.9. The van der Waals surface area contributed by atoms with Crippen LogP contribution in [0, 0.1) is 0 Å². The first-order chi connectivity index (χ1) is 30.7. The summed E-state index contributed by atoms with van der Waals surface area (Å²) in [6.45, 7) is 0. The van der Waals surface area contributed by atoms with Crippen molar-refractivity contribution in [3.63, 3.8) is 0 Å². The Labute approximate surface area is 362 Å². The molecule has 0 unspecified atom stereocenters. The van der Waals surface area contributed by atoms with Crippen LogP contribution in [0.15, 0.2) is 218 Å². The molecule has 0 amide bonds. The van der Waals surface area contributed by atoms with Gasteiger partial charge in [-0.1, -0.05) is 182 Å². The standard InChI is InChI=1S/C57H36N4S/c1-3-15-37(16-4-1)38-29-31-39(32-30-38)41-33-34-49(52(36-41)61-50-26-10-7-21-45(50)46-22-8-11-27-51(46)61)57-59-55(40-17-5-2-6-18-40)58-56(60-57)43-20-13-19-42(35-43)44-24-14-25-48-47-23-9-12-28-53(47)62-54(44)48/h1-36H. The summed E-state index contributed by atoms with van der Waals surface area (Å²) in [5.74, 6) is 1.85. The van der Waals surface area contributed by atoms with Gasteiger partial charge in [-0.3, -0.25) is 0 Å². The molecule has 0 bridgehead atoms. The van der Waals surface area contributed by atoms with E-state index in [-0.39, 0.29) is 0 Å². The quantitative estimate of drug-likeness (QED) is 0.161. The molecule has 4 nitrogen and oxygen atoms in total. The first-order valence-corrected chi connectivity index (χ1v) is 21.7. The summed E-state index contributed by atoms with van der Waals surface area (Å²) in [5, 5.41) is 4.95. The average molecular weight is 809 g/mol. The van der Waals surface area contributed by atoms with Gasteiger partial charge in [0.2, 0.25) is 0 Å². The molecule has 0 saturated heterocycles. The van der Waals surface area contributed by atoms with Crippen LogP contribution in [0.3, 0.4) is 0 Å². The largest absolute Gasteiger partial charge is 0.308 e. The van der Waals surface area contributed by atoms with Crippen LogP contribution in [0.1, 0.15) is 0 Å². The second-order valence-corrected chi connectivity index (χ2v) is 16.6. The molecule has 0 spiro atoms. The number of para-hydroxylation sites is 2. The number of thiophene rings is 1. The molecule has 0 aliphatic carbocycles. The van der Waals surface area contributed by atoms with Crippen molar-refractivity contribution >= 4 is 53.3 Å². The summed E-state index contributed by atoms with van der Waals surface area (Å²) in [6, 6.07) is 77.5. The highest BCUT2D eigenvalue weighted by Crippen LogP contribution is 2.42. The van der Waals surface area contributed by atoms with Crippen molar-refractivity contribution in [2.24, 2.45) is 0 Å². The Morgan fingerprint density at radius 1 is 0.306 bits per heavy atom. The molecule has 5 heteroatoms. The molecule has 0 aliphatic heterocycles. The van der Waals surface area contributed by atoms with Crippen LogP contribution >= 0.6 is 11.3 Å². The molecule has 0 fully saturated rings. The van der Waals surface area contributed by atoms with Crippen molar-refractivity contribution < 1.29 is 0 Å². The van der Waals surface area contributed by atoms with Crippen LogP contribution in [0.25, 0.3) is 115 Å². The molecule has 12 aromatic rings. The fraction of sp³-hybridized carbons (Fsp3) is 0. The molecule has 9 aromatic carbocycles. The number of fused-ring (bicyclic) bond motifs is 6. The second-order valence-electron chi connectivity index (χ2n) is 15.6. The summed E-state index contributed by atoms with van der Waals surface area (Å²) in [4.78, 5) is 15.9. The maximum Gasteiger partial charge on any atom is 0.166 e. The van der Waals surface area contributed by atoms with E-state index in [9.17, 15) is 0 Å². The zero-order valence-electron chi connectivity index (χ0n) is 33.5. The van der Waals surface area contributed by atoms with E-state index < -0.39 is 0 Å². The molecule has 0 N–H and O–H groups in total. The van der Waals surface area contributed by atoms with E-state index in [1.54, 1.807) is 0 Å². The van der Waals surface area contributed by atoms with E-state index in [2.05, 4.69) is 205 Å². The van der Waals surface area contributed by atoms with Gasteiger partial charge in [0.1, 0.15) is 0 Å². The fourth-order valence-electron chi connectivity index (χ4n) is 8.90. The zero-order chi connectivity index (χ0) is 41.0. The number of hydrogen-bond acceptors (Lipinski definition) is 4. The number of hydrogen-bond donors (Lipinski definition) is 0. The van der Waals surface area contributed by atoms with Gasteiger partial charge in [0.25, 0.3) is 0 Å². The van der Waals surface area contributed by atoms with Crippen LogP contribution < -0.4 is 0 Å². The van der Waals surface area contributed by atoms with E-state index in [1.807, 2.05) is 29.5 Å². The molecule has 290 valence electrons. The van der Waals surface area contributed by atoms with Crippen LogP contribution in [-0.4, -0.2) is 19.5 Å². The minimum Gasteiger partial charge on any atom is -0.308 e. The monoisotopic (exact) mass is 808 g/mol. The highest BCUT2D eigenvalue weighted by Gasteiger charge is 2.21. The van der Waals surface area contributed by atoms with Gasteiger partial charge in [0.15, 0.2) is 17.5 Å². The molecule has 0 radical (unpaired) electrons. The summed E-state index contributed by atoms with van der Waals surface area (Å²) in [5.41, 5.74) is 12.9. The highest BCUT2D eigenvalue weighted by atomic mass is 32.1. The van der Waals surface area contributed by atoms with E-state index in [4.69, 9.17) is 15.0 Å². The normalized spacial score (nSPS) is 11.5. The van der Waals surface area contributed by atoms with Crippen molar-refractivity contribution in [1.29, 1.82) is 0 Å². The first kappa shape index (κ1) is 35.9. The summed E-state index contributed by atoms with van der Waals surface area (Å²) in [7, 11) is 0. The Kier molecular flexibility index (Phi) is 8.65. The molecule has 62 heavy (non-hydrogen) atoms. The Hall–Kier alpha value is -7.99. The van der Waals surface area contributed by atoms with Gasteiger partial charge in [0.05, 0.1) is 16.7 Å². The van der Waals surface area contributed by atoms with Gasteiger partial charge in [0, 0.05) is 47.6 Å². The lowest BCUT2D eigenvalue weighted by Gasteiger charge is -2.17. The third kappa shape index (κ3) is 6.18. The van der Waals surface area contributed by atoms with Gasteiger partial charge < -0.3 is 4.57 Å². The SMILES string of the molecule is c1ccc(-c2ccc(-c3ccc(-c4nc(-c5ccccc5)nc(-c5cccc(-c6cccc7c6sc6ccccc67)c5)n4)c(-n4c5ccccc5c5ccccc54)c3)cc2)cc1. The topological polar surface area (TPSA) is 43.6 Å². The maximum atomic E-state index is 5.38. The van der Waals surface area contributed by atoms with Crippen LogP contribution in [0.5, 0.6) is 0 Å². The Balaban J connectivity index is 1.07. The molecular formula is C57H36N4S. The van der Waals surface area contributed by atoms with E-state index >= 15 is 0 Å². The first-order valence-electron chi connectivity index (χ1n) is 20.8. The van der Waals surface area contributed by atoms with Crippen LogP contribution in [-0.2, 0) is 0 Å². The molecule has 12 rings (SSSR count). The lowest BCUT2D eigenvalue weighted by molar-refractivity contribution is 1.06. The van der Waals surface area contributed by atoms with Crippen molar-refractivity contribution in [2.75, 3.05) is 0 Å². The maximum absolute atomic E-state index is 5.38. The number of benzene rings is 9. The average Bonchev–Trinajstić information content (AvgIpc) is 3.90. The lowest BCUT2D eigenvalue weighted by atomic mass is 9.98. The highest BCUT2D eigenvalue weighted by molar-refractivity contribution is 7.26. The van der Waals surface area contributed by atoms with E-state index in [0.717, 1.165) is 50.1 Å². The molecule has 0 aliphatic rings. The molecular weight excluding hydrogens is 773 g/mol. The minimum atomic E-state index is 0.605. The van der Waals surface area contributed by atoms with Crippen LogP contribution in [0.4, 0.5) is 0 Å². The van der Waals surface area contributed by atoms with Gasteiger partial charge in [-0.2, -0.15) is 0 Å². The Bertz CT molecular complexity index is 3570. The summed E-state index contributed by atoms with van der Waals surface area (Å²) >= 11 is 1.84. The van der Waals surface area contributed by atoms with Crippen molar-refractivity contribution in [3.05, 3.63) is 218 Å². The van der Waals surface area contributed by atoms with Crippen molar-refractivity contribution in [3.8, 4) is 73.2 Å². The predicted octanol–water partition coefficient (Wildman–Crippen LogP) is 15.3. The minimum absolute atomic E-state index is 0.605. The van der Waals surface area contributed by atoms with Gasteiger partial charge in [-0.05, 0) is 69.8 Å². The van der Waals surface area contributed by atoms with E-state index in [0.29, 0.717) is 17.5 Å². The predicted molar refractivity (Wildman–Crippen MR) is 260 cm³/mol. The summed E-state index contributed by atoms with van der Waals surface area (Å²) in [6.07, 6.45) is 0. The smallest absolute Gasteiger partial charge is 0.166 e. The summed E-state index contributed by atoms with van der Waals surface area (Å²) < 4.78 is 4.94. The second kappa shape index (κ2) is 14.9. The molecule has 0 saturated carbocycles. The Morgan fingerprint density at radius 3 is 1.53 bits per heavy atom.